The van der Waals surface area contributed by atoms with Gasteiger partial charge in [-0.15, -0.1) is 5.23 Å². The van der Waals surface area contributed by atoms with Crippen LogP contribution in [-0.2, 0) is 9.68 Å². The zero-order valence-electron chi connectivity index (χ0n) is 14.3. The molecule has 0 N–H and O–H groups in total. The minimum atomic E-state index is -0.364. The monoisotopic (exact) mass is 305 g/mol. The molecule has 0 amide bonds. The lowest BCUT2D eigenvalue weighted by Crippen LogP contribution is -2.44. The van der Waals surface area contributed by atoms with Gasteiger partial charge in [0.25, 0.3) is 0 Å². The maximum absolute atomic E-state index is 5.99. The van der Waals surface area contributed by atoms with E-state index >= 15 is 0 Å². The third kappa shape index (κ3) is 2.81. The molecule has 3 rings (SSSR count). The topological polar surface area (TPSA) is 28.2 Å². The minimum absolute atomic E-state index is 0.364. The van der Waals surface area contributed by atoms with Crippen LogP contribution in [0.3, 0.4) is 0 Å². The van der Waals surface area contributed by atoms with Crippen molar-refractivity contribution in [2.75, 3.05) is 43.4 Å². The fourth-order valence-corrected chi connectivity index (χ4v) is 2.63. The molecule has 0 saturated carbocycles. The number of hydrogen-bond acceptors (Lipinski definition) is 5. The summed E-state index contributed by atoms with van der Waals surface area (Å²) in [6.45, 7) is 12.5. The van der Waals surface area contributed by atoms with E-state index in [-0.39, 0.29) is 11.2 Å². The molecule has 0 spiro atoms. The first-order chi connectivity index (χ1) is 10.3. The van der Waals surface area contributed by atoms with Crippen LogP contribution in [0.2, 0.25) is 0 Å². The van der Waals surface area contributed by atoms with Crippen LogP contribution in [0, 0.1) is 0 Å². The van der Waals surface area contributed by atoms with E-state index in [2.05, 4.69) is 62.7 Å². The zero-order valence-corrected chi connectivity index (χ0v) is 14.3. The molecule has 0 bridgehead atoms. The van der Waals surface area contributed by atoms with Gasteiger partial charge in [0.2, 0.25) is 0 Å². The highest BCUT2D eigenvalue weighted by atomic mass is 17.0. The number of piperazine rings is 1. The molecular weight excluding hydrogens is 278 g/mol. The van der Waals surface area contributed by atoms with Crippen molar-refractivity contribution >= 4 is 11.4 Å². The second-order valence-corrected chi connectivity index (χ2v) is 7.27. The lowest BCUT2D eigenvalue weighted by Gasteiger charge is -2.34. The molecule has 5 nitrogen and oxygen atoms in total. The highest BCUT2D eigenvalue weighted by molar-refractivity contribution is 5.58. The van der Waals surface area contributed by atoms with Crippen LogP contribution in [0.25, 0.3) is 0 Å². The minimum Gasteiger partial charge on any atom is -0.369 e. The van der Waals surface area contributed by atoms with Gasteiger partial charge >= 0.3 is 0 Å². The molecule has 1 aromatic rings. The summed E-state index contributed by atoms with van der Waals surface area (Å²) in [5.74, 6) is 0. The largest absolute Gasteiger partial charge is 0.369 e. The van der Waals surface area contributed by atoms with Crippen molar-refractivity contribution in [3.05, 3.63) is 24.3 Å². The van der Waals surface area contributed by atoms with Gasteiger partial charge in [-0.25, -0.2) is 9.68 Å². The summed E-state index contributed by atoms with van der Waals surface area (Å²) in [6, 6.07) is 8.38. The smallest absolute Gasteiger partial charge is 0.124 e. The van der Waals surface area contributed by atoms with Crippen LogP contribution in [0.15, 0.2) is 24.3 Å². The third-order valence-electron chi connectivity index (χ3n) is 4.98. The molecule has 0 aliphatic carbocycles. The van der Waals surface area contributed by atoms with E-state index in [9.17, 15) is 0 Å². The van der Waals surface area contributed by atoms with Crippen LogP contribution < -0.4 is 10.1 Å². The number of benzene rings is 1. The van der Waals surface area contributed by atoms with E-state index in [1.165, 1.54) is 5.69 Å². The maximum atomic E-state index is 5.99. The number of nitrogens with zero attached hydrogens (tertiary/aromatic N) is 3. The summed E-state index contributed by atoms with van der Waals surface area (Å²) in [4.78, 5) is 16.8. The number of anilines is 2. The molecular formula is C17H27N3O2. The molecule has 0 aromatic heterocycles. The van der Waals surface area contributed by atoms with Crippen molar-refractivity contribution in [2.45, 2.75) is 38.9 Å². The Morgan fingerprint density at radius 1 is 0.864 bits per heavy atom. The second kappa shape index (κ2) is 5.41. The Morgan fingerprint density at radius 2 is 1.41 bits per heavy atom. The number of hydrogen-bond donors (Lipinski definition) is 0. The first-order valence-electron chi connectivity index (χ1n) is 8.00. The Labute approximate surface area is 133 Å². The Kier molecular flexibility index (Phi) is 3.83. The molecule has 1 aromatic carbocycles. The molecule has 0 unspecified atom stereocenters. The summed E-state index contributed by atoms with van der Waals surface area (Å²) in [7, 11) is 2.17. The van der Waals surface area contributed by atoms with Crippen LogP contribution in [0.1, 0.15) is 27.7 Å². The van der Waals surface area contributed by atoms with Gasteiger partial charge in [-0.05, 0) is 52.9 Å². The van der Waals surface area contributed by atoms with E-state index in [1.54, 1.807) is 5.23 Å². The molecule has 2 aliphatic rings. The Bertz CT molecular complexity index is 520. The first kappa shape index (κ1) is 15.6. The molecule has 2 saturated heterocycles. The third-order valence-corrected chi connectivity index (χ3v) is 4.98. The fraction of sp³-hybridized carbons (Fsp3) is 0.647. The van der Waals surface area contributed by atoms with Crippen LogP contribution in [0.5, 0.6) is 0 Å². The van der Waals surface area contributed by atoms with Gasteiger partial charge in [-0.2, -0.15) is 0 Å². The molecule has 5 heteroatoms. The summed E-state index contributed by atoms with van der Waals surface area (Å²) < 4.78 is 0. The zero-order chi connectivity index (χ0) is 16.0. The van der Waals surface area contributed by atoms with Crippen molar-refractivity contribution in [1.82, 2.24) is 4.90 Å². The van der Waals surface area contributed by atoms with Crippen molar-refractivity contribution in [1.29, 1.82) is 0 Å². The fourth-order valence-electron chi connectivity index (χ4n) is 2.63. The summed E-state index contributed by atoms with van der Waals surface area (Å²) in [5, 5.41) is 1.57. The van der Waals surface area contributed by atoms with E-state index in [0.717, 1.165) is 31.9 Å². The van der Waals surface area contributed by atoms with Crippen LogP contribution >= 0.6 is 0 Å². The average Bonchev–Trinajstić information content (AvgIpc) is 2.68. The molecule has 2 fully saturated rings. The van der Waals surface area contributed by atoms with Gasteiger partial charge in [-0.3, -0.25) is 0 Å². The van der Waals surface area contributed by atoms with Gasteiger partial charge < -0.3 is 9.80 Å². The number of likely N-dealkylation sites (N-methyl/N-ethyl adjacent to an activating group) is 1. The van der Waals surface area contributed by atoms with Gasteiger partial charge in [0.15, 0.2) is 0 Å². The standard InChI is InChI=1S/C17H27N3O2/c1-16(2)17(3,4)22-20(21-16)15-8-6-7-14(13-15)19-11-9-18(5)10-12-19/h6-8,13H,9-12H2,1-5H3. The first-order valence-corrected chi connectivity index (χ1v) is 8.00. The quantitative estimate of drug-likeness (QED) is 0.838. The van der Waals surface area contributed by atoms with Gasteiger partial charge in [0, 0.05) is 31.9 Å². The lowest BCUT2D eigenvalue weighted by molar-refractivity contribution is -0.0272. The summed E-state index contributed by atoms with van der Waals surface area (Å²) >= 11 is 0. The Balaban J connectivity index is 1.78. The predicted octanol–water partition coefficient (Wildman–Crippen LogP) is 2.68. The average molecular weight is 305 g/mol. The predicted molar refractivity (Wildman–Crippen MR) is 89.0 cm³/mol. The van der Waals surface area contributed by atoms with Crippen molar-refractivity contribution in [2.24, 2.45) is 0 Å². The second-order valence-electron chi connectivity index (χ2n) is 7.27. The molecule has 122 valence electrons. The van der Waals surface area contributed by atoms with Crippen molar-refractivity contribution in [3.8, 4) is 0 Å². The molecule has 2 heterocycles. The normalized spacial score (nSPS) is 24.8. The van der Waals surface area contributed by atoms with E-state index in [0.29, 0.717) is 0 Å². The van der Waals surface area contributed by atoms with E-state index < -0.39 is 0 Å². The summed E-state index contributed by atoms with van der Waals surface area (Å²) in [6.07, 6.45) is 0. The lowest BCUT2D eigenvalue weighted by atomic mass is 9.90. The Hall–Kier alpha value is -1.30. The van der Waals surface area contributed by atoms with Gasteiger partial charge in [0.05, 0.1) is 5.69 Å². The van der Waals surface area contributed by atoms with E-state index in [4.69, 9.17) is 9.68 Å². The molecule has 0 radical (unpaired) electrons. The molecule has 22 heavy (non-hydrogen) atoms. The SMILES string of the molecule is CN1CCN(c2cccc(N3OC(C)(C)C(C)(C)O3)c2)CC1. The van der Waals surface area contributed by atoms with Crippen molar-refractivity contribution in [3.63, 3.8) is 0 Å². The molecule has 2 aliphatic heterocycles. The van der Waals surface area contributed by atoms with E-state index in [1.807, 2.05) is 6.07 Å². The highest BCUT2D eigenvalue weighted by Crippen LogP contribution is 2.40. The highest BCUT2D eigenvalue weighted by Gasteiger charge is 2.50. The van der Waals surface area contributed by atoms with Crippen LogP contribution in [-0.4, -0.2) is 49.3 Å². The summed E-state index contributed by atoms with van der Waals surface area (Å²) in [5.41, 5.74) is 1.43. The number of rotatable bonds is 2. The van der Waals surface area contributed by atoms with Crippen LogP contribution in [0.4, 0.5) is 11.4 Å². The van der Waals surface area contributed by atoms with Gasteiger partial charge in [0.1, 0.15) is 11.2 Å². The maximum Gasteiger partial charge on any atom is 0.124 e. The van der Waals surface area contributed by atoms with Crippen molar-refractivity contribution < 1.29 is 9.68 Å². The Morgan fingerprint density at radius 3 is 2.00 bits per heavy atom. The molecule has 0 atom stereocenters. The van der Waals surface area contributed by atoms with Gasteiger partial charge in [-0.1, -0.05) is 6.07 Å².